The van der Waals surface area contributed by atoms with Gasteiger partial charge in [0.2, 0.25) is 10.0 Å². The third-order valence-corrected chi connectivity index (χ3v) is 7.02. The molecule has 0 aromatic heterocycles. The number of piperazine rings is 1. The van der Waals surface area contributed by atoms with Crippen molar-refractivity contribution in [2.45, 2.75) is 37.3 Å². The van der Waals surface area contributed by atoms with E-state index in [-0.39, 0.29) is 30.1 Å². The Labute approximate surface area is 197 Å². The number of nitrogens with zero attached hydrogens (tertiary/aromatic N) is 3. The summed E-state index contributed by atoms with van der Waals surface area (Å²) in [5.74, 6) is -0.817. The van der Waals surface area contributed by atoms with Gasteiger partial charge in [-0.15, -0.1) is 0 Å². The Morgan fingerprint density at radius 3 is 2.44 bits per heavy atom. The summed E-state index contributed by atoms with van der Waals surface area (Å²) in [6.07, 6.45) is 1.94. The highest BCUT2D eigenvalue weighted by Gasteiger charge is 2.37. The number of rotatable bonds is 5. The van der Waals surface area contributed by atoms with Crippen molar-refractivity contribution in [3.63, 3.8) is 0 Å². The lowest BCUT2D eigenvalue weighted by atomic mass is 10.1. The highest BCUT2D eigenvalue weighted by atomic mass is 32.2. The van der Waals surface area contributed by atoms with E-state index in [1.54, 1.807) is 39.0 Å². The van der Waals surface area contributed by atoms with Crippen LogP contribution >= 0.6 is 0 Å². The van der Waals surface area contributed by atoms with Crippen molar-refractivity contribution in [1.29, 1.82) is 0 Å². The predicted molar refractivity (Wildman–Crippen MR) is 124 cm³/mol. The van der Waals surface area contributed by atoms with Gasteiger partial charge in [-0.05, 0) is 45.0 Å². The van der Waals surface area contributed by atoms with Gasteiger partial charge in [0, 0.05) is 25.7 Å². The fourth-order valence-corrected chi connectivity index (χ4v) is 5.11. The summed E-state index contributed by atoms with van der Waals surface area (Å²) in [7, 11) is -3.96. The molecule has 0 radical (unpaired) electrons. The molecule has 0 spiro atoms. The Morgan fingerprint density at radius 1 is 1.15 bits per heavy atom. The summed E-state index contributed by atoms with van der Waals surface area (Å²) in [6.45, 7) is 5.14. The number of hydrogen-bond donors (Lipinski definition) is 0. The van der Waals surface area contributed by atoms with E-state index < -0.39 is 44.2 Å². The van der Waals surface area contributed by atoms with Crippen molar-refractivity contribution in [1.82, 2.24) is 9.21 Å². The molecule has 0 bridgehead atoms. The zero-order chi connectivity index (χ0) is 25.1. The summed E-state index contributed by atoms with van der Waals surface area (Å²) < 4.78 is 47.7. The van der Waals surface area contributed by atoms with Gasteiger partial charge >= 0.3 is 6.09 Å². The first kappa shape index (κ1) is 25.3. The number of hydrogen-bond acceptors (Lipinski definition) is 6. The van der Waals surface area contributed by atoms with E-state index in [1.807, 2.05) is 0 Å². The molecular formula is C23H26FN3O6S. The Bertz CT molecular complexity index is 1190. The van der Waals surface area contributed by atoms with Crippen LogP contribution in [0.25, 0.3) is 6.08 Å². The number of nitro benzene ring substituents is 1. The number of ether oxygens (including phenoxy) is 1. The van der Waals surface area contributed by atoms with E-state index in [4.69, 9.17) is 4.74 Å². The van der Waals surface area contributed by atoms with Crippen LogP contribution in [-0.2, 0) is 14.8 Å². The molecule has 1 atom stereocenters. The summed E-state index contributed by atoms with van der Waals surface area (Å²) >= 11 is 0. The first-order chi connectivity index (χ1) is 15.9. The minimum atomic E-state index is -3.96. The first-order valence-corrected chi connectivity index (χ1v) is 12.0. The standard InChI is InChI=1S/C23H26FN3O6S/c1-23(2,3)33-22(28)25-14-15-26(34(31,32)18-8-5-4-6-9-18)17(16-25)12-13-19-20(24)10-7-11-21(19)27(29)30/h4-13,17H,14-16H2,1-3H3/b13-12+. The average Bonchev–Trinajstić information content (AvgIpc) is 2.77. The predicted octanol–water partition coefficient (Wildman–Crippen LogP) is 4.06. The molecule has 11 heteroatoms. The second-order valence-corrected chi connectivity index (χ2v) is 10.6. The maximum absolute atomic E-state index is 14.4. The van der Waals surface area contributed by atoms with Crippen LogP contribution < -0.4 is 0 Å². The molecule has 1 aliphatic rings. The molecule has 1 heterocycles. The highest BCUT2D eigenvalue weighted by Crippen LogP contribution is 2.27. The number of nitro groups is 1. The smallest absolute Gasteiger partial charge is 0.410 e. The zero-order valence-corrected chi connectivity index (χ0v) is 19.9. The van der Waals surface area contributed by atoms with Crippen LogP contribution in [0.3, 0.4) is 0 Å². The SMILES string of the molecule is CC(C)(C)OC(=O)N1CCN(S(=O)(=O)c2ccccc2)C(/C=C/c2c(F)cccc2[N+](=O)[O-])C1. The van der Waals surface area contributed by atoms with E-state index >= 15 is 0 Å². The molecule has 1 unspecified atom stereocenters. The number of carbonyl (C=O) groups excluding carboxylic acids is 1. The van der Waals surface area contributed by atoms with Gasteiger partial charge in [-0.3, -0.25) is 10.1 Å². The van der Waals surface area contributed by atoms with Crippen molar-refractivity contribution in [3.05, 3.63) is 76.1 Å². The number of amides is 1. The lowest BCUT2D eigenvalue weighted by Crippen LogP contribution is -2.56. The molecule has 0 saturated carbocycles. The van der Waals surface area contributed by atoms with Crippen molar-refractivity contribution >= 4 is 27.9 Å². The molecule has 3 rings (SSSR count). The van der Waals surface area contributed by atoms with Gasteiger partial charge in [-0.25, -0.2) is 17.6 Å². The molecule has 0 aliphatic carbocycles. The molecule has 1 fully saturated rings. The number of carbonyl (C=O) groups is 1. The number of benzene rings is 2. The highest BCUT2D eigenvalue weighted by molar-refractivity contribution is 7.89. The van der Waals surface area contributed by atoms with Crippen LogP contribution in [0.4, 0.5) is 14.9 Å². The molecule has 1 amide bonds. The van der Waals surface area contributed by atoms with Gasteiger partial charge < -0.3 is 9.64 Å². The fourth-order valence-electron chi connectivity index (χ4n) is 3.53. The molecule has 2 aromatic carbocycles. The van der Waals surface area contributed by atoms with Gasteiger partial charge in [0.05, 0.1) is 21.4 Å². The minimum Gasteiger partial charge on any atom is -0.444 e. The molecule has 9 nitrogen and oxygen atoms in total. The molecule has 1 saturated heterocycles. The minimum absolute atomic E-state index is 0.0369. The molecule has 182 valence electrons. The van der Waals surface area contributed by atoms with Crippen LogP contribution in [0.5, 0.6) is 0 Å². The van der Waals surface area contributed by atoms with E-state index in [9.17, 15) is 27.7 Å². The molecule has 2 aromatic rings. The van der Waals surface area contributed by atoms with Crippen LogP contribution in [-0.4, -0.2) is 59.9 Å². The molecular weight excluding hydrogens is 465 g/mol. The van der Waals surface area contributed by atoms with Crippen LogP contribution in [0.15, 0.2) is 59.5 Å². The summed E-state index contributed by atoms with van der Waals surface area (Å²) in [4.78, 5) is 24.7. The monoisotopic (exact) mass is 491 g/mol. The normalized spacial score (nSPS) is 17.6. The second-order valence-electron chi connectivity index (χ2n) is 8.71. The summed E-state index contributed by atoms with van der Waals surface area (Å²) in [6, 6.07) is 10.3. The van der Waals surface area contributed by atoms with E-state index in [2.05, 4.69) is 0 Å². The van der Waals surface area contributed by atoms with Crippen LogP contribution in [0.2, 0.25) is 0 Å². The Kier molecular flexibility index (Phi) is 7.37. The third kappa shape index (κ3) is 5.78. The van der Waals surface area contributed by atoms with E-state index in [0.29, 0.717) is 0 Å². The second kappa shape index (κ2) is 9.90. The Morgan fingerprint density at radius 2 is 1.82 bits per heavy atom. The molecule has 0 N–H and O–H groups in total. The number of halogens is 1. The van der Waals surface area contributed by atoms with Crippen LogP contribution in [0.1, 0.15) is 26.3 Å². The maximum atomic E-state index is 14.4. The summed E-state index contributed by atoms with van der Waals surface area (Å²) in [5, 5.41) is 11.3. The van der Waals surface area contributed by atoms with Gasteiger partial charge in [-0.1, -0.05) is 30.3 Å². The van der Waals surface area contributed by atoms with Crippen molar-refractivity contribution < 1.29 is 27.3 Å². The Hall–Kier alpha value is -3.31. The molecule has 34 heavy (non-hydrogen) atoms. The van der Waals surface area contributed by atoms with E-state index in [1.165, 1.54) is 39.6 Å². The molecule has 1 aliphatic heterocycles. The lowest BCUT2D eigenvalue weighted by Gasteiger charge is -2.39. The number of sulfonamides is 1. The lowest BCUT2D eigenvalue weighted by molar-refractivity contribution is -0.385. The quantitative estimate of drug-likeness (QED) is 0.461. The zero-order valence-electron chi connectivity index (χ0n) is 19.0. The van der Waals surface area contributed by atoms with Gasteiger partial charge in [0.1, 0.15) is 11.4 Å². The third-order valence-electron chi connectivity index (χ3n) is 5.08. The fraction of sp³-hybridized carbons (Fsp3) is 0.348. The average molecular weight is 492 g/mol. The van der Waals surface area contributed by atoms with Gasteiger partial charge in [0.15, 0.2) is 0 Å². The Balaban J connectivity index is 1.99. The van der Waals surface area contributed by atoms with Crippen molar-refractivity contribution in [2.24, 2.45) is 0 Å². The summed E-state index contributed by atoms with van der Waals surface area (Å²) in [5.41, 5.74) is -1.48. The van der Waals surface area contributed by atoms with Crippen molar-refractivity contribution in [2.75, 3.05) is 19.6 Å². The topological polar surface area (TPSA) is 110 Å². The first-order valence-electron chi connectivity index (χ1n) is 10.6. The van der Waals surface area contributed by atoms with Gasteiger partial charge in [0.25, 0.3) is 5.69 Å². The van der Waals surface area contributed by atoms with Gasteiger partial charge in [-0.2, -0.15) is 4.31 Å². The maximum Gasteiger partial charge on any atom is 0.410 e. The largest absolute Gasteiger partial charge is 0.444 e. The van der Waals surface area contributed by atoms with Crippen molar-refractivity contribution in [3.8, 4) is 0 Å². The van der Waals surface area contributed by atoms with E-state index in [0.717, 1.165) is 12.1 Å². The van der Waals surface area contributed by atoms with Crippen LogP contribution in [0, 0.1) is 15.9 Å².